The van der Waals surface area contributed by atoms with Crippen LogP contribution in [0.15, 0.2) is 24.3 Å². The van der Waals surface area contributed by atoms with Crippen LogP contribution in [0.25, 0.3) is 0 Å². The summed E-state index contributed by atoms with van der Waals surface area (Å²) in [5, 5.41) is 0. The second-order valence-electron chi connectivity index (χ2n) is 6.96. The Balaban J connectivity index is 2.13. The van der Waals surface area contributed by atoms with Crippen molar-refractivity contribution in [3.05, 3.63) is 35.4 Å². The first-order chi connectivity index (χ1) is 9.29. The van der Waals surface area contributed by atoms with Crippen molar-refractivity contribution in [1.82, 2.24) is 4.90 Å². The second-order valence-corrected chi connectivity index (χ2v) is 6.96. The van der Waals surface area contributed by atoms with Crippen LogP contribution in [0.3, 0.4) is 0 Å². The fourth-order valence-electron chi connectivity index (χ4n) is 2.79. The van der Waals surface area contributed by atoms with Crippen LogP contribution >= 0.6 is 0 Å². The third-order valence-electron chi connectivity index (χ3n) is 4.18. The van der Waals surface area contributed by atoms with Crippen LogP contribution in [0.2, 0.25) is 0 Å². The number of nitrogens with two attached hydrogens (primary N) is 1. The van der Waals surface area contributed by atoms with E-state index in [0.717, 1.165) is 24.9 Å². The molecule has 1 aromatic rings. The average Bonchev–Trinajstić information content (AvgIpc) is 2.37. The van der Waals surface area contributed by atoms with E-state index in [1.54, 1.807) is 0 Å². The van der Waals surface area contributed by atoms with Gasteiger partial charge in [0.05, 0.1) is 0 Å². The molecule has 0 aromatic heterocycles. The molecule has 1 heterocycles. The van der Waals surface area contributed by atoms with Gasteiger partial charge in [-0.2, -0.15) is 0 Å². The van der Waals surface area contributed by atoms with Crippen LogP contribution in [0.5, 0.6) is 0 Å². The number of nitrogens with zero attached hydrogens (tertiary/aromatic N) is 1. The number of benzene rings is 1. The summed E-state index contributed by atoms with van der Waals surface area (Å²) in [7, 11) is 0. The van der Waals surface area contributed by atoms with Gasteiger partial charge in [-0.1, -0.05) is 32.9 Å². The minimum Gasteiger partial charge on any atom is -0.336 e. The van der Waals surface area contributed by atoms with Gasteiger partial charge in [0.25, 0.3) is 5.91 Å². The number of hydrogen-bond donors (Lipinski definition) is 1. The van der Waals surface area contributed by atoms with Crippen molar-refractivity contribution in [2.75, 3.05) is 6.54 Å². The van der Waals surface area contributed by atoms with E-state index in [2.05, 4.69) is 39.8 Å². The van der Waals surface area contributed by atoms with Gasteiger partial charge in [-0.25, -0.2) is 0 Å². The molecule has 1 saturated heterocycles. The molecular weight excluding hydrogens is 248 g/mol. The van der Waals surface area contributed by atoms with E-state index < -0.39 is 0 Å². The number of carbonyl (C=O) groups is 1. The Bertz CT molecular complexity index is 473. The summed E-state index contributed by atoms with van der Waals surface area (Å²) >= 11 is 0. The average molecular weight is 274 g/mol. The molecule has 3 heteroatoms. The highest BCUT2D eigenvalue weighted by Crippen LogP contribution is 2.24. The monoisotopic (exact) mass is 274 g/mol. The second kappa shape index (κ2) is 5.57. The highest BCUT2D eigenvalue weighted by Gasteiger charge is 2.27. The van der Waals surface area contributed by atoms with E-state index in [9.17, 15) is 4.79 Å². The minimum absolute atomic E-state index is 0.118. The van der Waals surface area contributed by atoms with E-state index in [-0.39, 0.29) is 23.4 Å². The Morgan fingerprint density at radius 2 is 1.85 bits per heavy atom. The first-order valence-corrected chi connectivity index (χ1v) is 7.46. The largest absolute Gasteiger partial charge is 0.336 e. The molecule has 20 heavy (non-hydrogen) atoms. The molecule has 2 rings (SSSR count). The van der Waals surface area contributed by atoms with E-state index in [1.165, 1.54) is 5.56 Å². The standard InChI is InChI=1S/C17H26N2O/c1-12-11-15(18)9-10-19(12)16(20)13-5-7-14(8-6-13)17(2,3)4/h5-8,12,15H,9-11,18H2,1-4H3. The number of likely N-dealkylation sites (tertiary alicyclic amines) is 1. The first kappa shape index (κ1) is 15.0. The summed E-state index contributed by atoms with van der Waals surface area (Å²) in [4.78, 5) is 14.5. The SMILES string of the molecule is CC1CC(N)CCN1C(=O)c1ccc(C(C)(C)C)cc1. The van der Waals surface area contributed by atoms with Crippen LogP contribution in [-0.2, 0) is 5.41 Å². The maximum atomic E-state index is 12.6. The molecule has 1 aromatic carbocycles. The fraction of sp³-hybridized carbons (Fsp3) is 0.588. The summed E-state index contributed by atoms with van der Waals surface area (Å²) in [6, 6.07) is 8.49. The van der Waals surface area contributed by atoms with Gasteiger partial charge in [-0.15, -0.1) is 0 Å². The molecule has 1 fully saturated rings. The Morgan fingerprint density at radius 3 is 2.35 bits per heavy atom. The van der Waals surface area contributed by atoms with E-state index in [4.69, 9.17) is 5.73 Å². The number of amides is 1. The Kier molecular flexibility index (Phi) is 4.19. The van der Waals surface area contributed by atoms with Crippen LogP contribution in [0.1, 0.15) is 56.5 Å². The lowest BCUT2D eigenvalue weighted by Crippen LogP contribution is -2.48. The topological polar surface area (TPSA) is 46.3 Å². The third kappa shape index (κ3) is 3.21. The van der Waals surface area contributed by atoms with Crippen molar-refractivity contribution in [3.8, 4) is 0 Å². The summed E-state index contributed by atoms with van der Waals surface area (Å²) in [5.41, 5.74) is 8.10. The van der Waals surface area contributed by atoms with E-state index in [1.807, 2.05) is 17.0 Å². The van der Waals surface area contributed by atoms with E-state index >= 15 is 0 Å². The van der Waals surface area contributed by atoms with Crippen LogP contribution in [0, 0.1) is 0 Å². The minimum atomic E-state index is 0.118. The lowest BCUT2D eigenvalue weighted by molar-refractivity contribution is 0.0619. The highest BCUT2D eigenvalue weighted by molar-refractivity contribution is 5.94. The third-order valence-corrected chi connectivity index (χ3v) is 4.18. The maximum Gasteiger partial charge on any atom is 0.254 e. The number of piperidine rings is 1. The molecule has 2 atom stereocenters. The number of carbonyl (C=O) groups excluding carboxylic acids is 1. The Labute approximate surface area is 122 Å². The maximum absolute atomic E-state index is 12.6. The molecule has 2 N–H and O–H groups in total. The zero-order chi connectivity index (χ0) is 14.9. The first-order valence-electron chi connectivity index (χ1n) is 7.46. The van der Waals surface area contributed by atoms with Gasteiger partial charge < -0.3 is 10.6 Å². The predicted molar refractivity (Wildman–Crippen MR) is 82.8 cm³/mol. The number of hydrogen-bond acceptors (Lipinski definition) is 2. The van der Waals surface area contributed by atoms with Gasteiger partial charge in [0, 0.05) is 24.2 Å². The smallest absolute Gasteiger partial charge is 0.254 e. The normalized spacial score (nSPS) is 23.8. The van der Waals surface area contributed by atoms with Gasteiger partial charge >= 0.3 is 0 Å². The zero-order valence-electron chi connectivity index (χ0n) is 13.0. The quantitative estimate of drug-likeness (QED) is 0.856. The molecule has 1 aliphatic heterocycles. The molecule has 1 aliphatic rings. The van der Waals surface area contributed by atoms with E-state index in [0.29, 0.717) is 0 Å². The van der Waals surface area contributed by atoms with Crippen molar-refractivity contribution >= 4 is 5.91 Å². The highest BCUT2D eigenvalue weighted by atomic mass is 16.2. The molecule has 0 bridgehead atoms. The molecule has 0 aliphatic carbocycles. The summed E-state index contributed by atoms with van der Waals surface area (Å²) in [6.07, 6.45) is 1.79. The van der Waals surface area contributed by atoms with Crippen LogP contribution in [-0.4, -0.2) is 29.4 Å². The van der Waals surface area contributed by atoms with Crippen molar-refractivity contribution < 1.29 is 4.79 Å². The molecular formula is C17H26N2O. The van der Waals surface area contributed by atoms with Crippen molar-refractivity contribution in [1.29, 1.82) is 0 Å². The molecule has 1 amide bonds. The zero-order valence-corrected chi connectivity index (χ0v) is 13.0. The van der Waals surface area contributed by atoms with Crippen LogP contribution in [0.4, 0.5) is 0 Å². The Morgan fingerprint density at radius 1 is 1.25 bits per heavy atom. The molecule has 0 radical (unpaired) electrons. The lowest BCUT2D eigenvalue weighted by Gasteiger charge is -2.36. The van der Waals surface area contributed by atoms with Gasteiger partial charge in [-0.05, 0) is 42.9 Å². The summed E-state index contributed by atoms with van der Waals surface area (Å²) in [5.74, 6) is 0.129. The predicted octanol–water partition coefficient (Wildman–Crippen LogP) is 2.94. The fourth-order valence-corrected chi connectivity index (χ4v) is 2.79. The summed E-state index contributed by atoms with van der Waals surface area (Å²) in [6.45, 7) is 9.39. The molecule has 0 saturated carbocycles. The van der Waals surface area contributed by atoms with Gasteiger partial charge in [0.2, 0.25) is 0 Å². The lowest BCUT2D eigenvalue weighted by atomic mass is 9.86. The summed E-state index contributed by atoms with van der Waals surface area (Å²) < 4.78 is 0. The van der Waals surface area contributed by atoms with Gasteiger partial charge in [-0.3, -0.25) is 4.79 Å². The number of rotatable bonds is 1. The molecule has 0 spiro atoms. The van der Waals surface area contributed by atoms with Crippen molar-refractivity contribution in [2.24, 2.45) is 5.73 Å². The van der Waals surface area contributed by atoms with Gasteiger partial charge in [0.1, 0.15) is 0 Å². The van der Waals surface area contributed by atoms with Gasteiger partial charge in [0.15, 0.2) is 0 Å². The Hall–Kier alpha value is -1.35. The molecule has 3 nitrogen and oxygen atoms in total. The van der Waals surface area contributed by atoms with Crippen LogP contribution < -0.4 is 5.73 Å². The molecule has 110 valence electrons. The van der Waals surface area contributed by atoms with Crippen molar-refractivity contribution in [2.45, 2.75) is 58.0 Å². The molecule has 2 unspecified atom stereocenters. The van der Waals surface area contributed by atoms with Crippen molar-refractivity contribution in [3.63, 3.8) is 0 Å².